The molecule has 0 saturated heterocycles. The molecule has 0 radical (unpaired) electrons. The van der Waals surface area contributed by atoms with E-state index in [1.165, 1.54) is 0 Å². The Labute approximate surface area is 185 Å². The number of halogens is 2. The van der Waals surface area contributed by atoms with E-state index in [9.17, 15) is 4.79 Å². The molecule has 1 aromatic heterocycles. The first-order valence-electron chi connectivity index (χ1n) is 9.27. The van der Waals surface area contributed by atoms with Crippen LogP contribution in [0.1, 0.15) is 29.8 Å². The van der Waals surface area contributed by atoms with Gasteiger partial charge < -0.3 is 19.5 Å². The van der Waals surface area contributed by atoms with Gasteiger partial charge in [-0.25, -0.2) is 4.98 Å². The normalized spacial score (nSPS) is 10.6. The molecule has 0 saturated carbocycles. The summed E-state index contributed by atoms with van der Waals surface area (Å²) in [7, 11) is 3.56. The zero-order valence-corrected chi connectivity index (χ0v) is 19.6. The third-order valence-corrected chi connectivity index (χ3v) is 5.35. The van der Waals surface area contributed by atoms with E-state index >= 15 is 0 Å². The monoisotopic (exact) mass is 480 g/mol. The molecular weight excluding hydrogens is 456 g/mol. The molecule has 0 aliphatic heterocycles. The van der Waals surface area contributed by atoms with Crippen LogP contribution >= 0.6 is 28.3 Å². The van der Waals surface area contributed by atoms with E-state index in [0.717, 1.165) is 32.5 Å². The van der Waals surface area contributed by atoms with Crippen molar-refractivity contribution in [3.8, 4) is 5.75 Å². The zero-order chi connectivity index (χ0) is 20.4. The van der Waals surface area contributed by atoms with Gasteiger partial charge in [-0.1, -0.05) is 22.0 Å². The van der Waals surface area contributed by atoms with E-state index in [0.29, 0.717) is 24.6 Å². The summed E-state index contributed by atoms with van der Waals surface area (Å²) in [4.78, 5) is 19.5. The molecule has 0 atom stereocenters. The Morgan fingerprint density at radius 3 is 2.59 bits per heavy atom. The molecule has 0 unspecified atom stereocenters. The molecule has 3 aromatic rings. The number of aryl methyl sites for hydroxylation is 2. The van der Waals surface area contributed by atoms with Crippen molar-refractivity contribution in [2.45, 2.75) is 20.8 Å². The summed E-state index contributed by atoms with van der Waals surface area (Å²) in [6.07, 6.45) is 0. The Balaban J connectivity index is 0.00000300. The van der Waals surface area contributed by atoms with E-state index in [1.54, 1.807) is 7.11 Å². The summed E-state index contributed by atoms with van der Waals surface area (Å²) in [5.41, 5.74) is 4.12. The Hall–Kier alpha value is -2.25. The first-order valence-corrected chi connectivity index (χ1v) is 10.1. The Bertz CT molecular complexity index is 1030. The fourth-order valence-corrected chi connectivity index (χ4v) is 3.93. The van der Waals surface area contributed by atoms with Gasteiger partial charge >= 0.3 is 0 Å². The number of ether oxygens (including phenoxy) is 1. The highest BCUT2D eigenvalue weighted by molar-refractivity contribution is 9.10. The molecule has 6 nitrogen and oxygen atoms in total. The van der Waals surface area contributed by atoms with Gasteiger partial charge in [-0.2, -0.15) is 0 Å². The predicted octanol–water partition coefficient (Wildman–Crippen LogP) is 5.30. The lowest BCUT2D eigenvalue weighted by molar-refractivity contribution is 0.0774. The van der Waals surface area contributed by atoms with Crippen molar-refractivity contribution in [1.29, 1.82) is 0 Å². The van der Waals surface area contributed by atoms with Crippen molar-refractivity contribution < 1.29 is 9.53 Å². The first kappa shape index (κ1) is 23.0. The maximum atomic E-state index is 13.0. The molecular formula is C21H26BrClN4O2. The molecule has 0 spiro atoms. The highest BCUT2D eigenvalue weighted by atomic mass is 79.9. The van der Waals surface area contributed by atoms with Crippen molar-refractivity contribution in [3.63, 3.8) is 0 Å². The lowest BCUT2D eigenvalue weighted by Crippen LogP contribution is -2.30. The molecule has 2 aromatic carbocycles. The Morgan fingerprint density at radius 1 is 1.28 bits per heavy atom. The number of rotatable bonds is 6. The van der Waals surface area contributed by atoms with Crippen LogP contribution in [-0.2, 0) is 7.05 Å². The van der Waals surface area contributed by atoms with E-state index in [-0.39, 0.29) is 18.3 Å². The van der Waals surface area contributed by atoms with Gasteiger partial charge in [0, 0.05) is 24.6 Å². The van der Waals surface area contributed by atoms with Crippen molar-refractivity contribution in [3.05, 3.63) is 45.9 Å². The van der Waals surface area contributed by atoms with Gasteiger partial charge in [0.25, 0.3) is 5.91 Å². The molecule has 3 rings (SSSR count). The van der Waals surface area contributed by atoms with E-state index < -0.39 is 0 Å². The Morgan fingerprint density at radius 2 is 1.97 bits per heavy atom. The lowest BCUT2D eigenvalue weighted by Gasteiger charge is -2.19. The number of para-hydroxylation sites is 1. The molecule has 0 bridgehead atoms. The van der Waals surface area contributed by atoms with Gasteiger partial charge in [-0.3, -0.25) is 4.79 Å². The number of hydrogen-bond donors (Lipinski definition) is 1. The van der Waals surface area contributed by atoms with Crippen LogP contribution in [0.4, 0.5) is 11.6 Å². The molecule has 29 heavy (non-hydrogen) atoms. The van der Waals surface area contributed by atoms with Crippen LogP contribution in [0.5, 0.6) is 5.75 Å². The molecule has 1 heterocycles. The first-order chi connectivity index (χ1) is 13.4. The van der Waals surface area contributed by atoms with Gasteiger partial charge in [0.15, 0.2) is 0 Å². The second-order valence-corrected chi connectivity index (χ2v) is 7.49. The van der Waals surface area contributed by atoms with Crippen molar-refractivity contribution in [1.82, 2.24) is 14.5 Å². The van der Waals surface area contributed by atoms with Crippen molar-refractivity contribution >= 4 is 56.9 Å². The third kappa shape index (κ3) is 4.36. The second kappa shape index (κ2) is 9.50. The number of nitrogens with zero attached hydrogens (tertiary/aromatic N) is 3. The number of hydrogen-bond acceptors (Lipinski definition) is 4. The largest absolute Gasteiger partial charge is 0.495 e. The quantitative estimate of drug-likeness (QED) is 0.519. The second-order valence-electron chi connectivity index (χ2n) is 6.57. The van der Waals surface area contributed by atoms with Crippen LogP contribution in [0.3, 0.4) is 0 Å². The minimum Gasteiger partial charge on any atom is -0.495 e. The highest BCUT2D eigenvalue weighted by Gasteiger charge is 2.20. The van der Waals surface area contributed by atoms with Gasteiger partial charge in [-0.15, -0.1) is 12.4 Å². The number of aromatic nitrogens is 2. The number of benzene rings is 2. The maximum Gasteiger partial charge on any atom is 0.256 e. The highest BCUT2D eigenvalue weighted by Crippen LogP contribution is 2.35. The van der Waals surface area contributed by atoms with Gasteiger partial charge in [0.05, 0.1) is 29.4 Å². The van der Waals surface area contributed by atoms with Crippen LogP contribution in [0.2, 0.25) is 0 Å². The molecule has 8 heteroatoms. The van der Waals surface area contributed by atoms with E-state index in [4.69, 9.17) is 9.72 Å². The van der Waals surface area contributed by atoms with E-state index in [1.807, 2.05) is 67.6 Å². The van der Waals surface area contributed by atoms with Crippen molar-refractivity contribution in [2.75, 3.05) is 25.5 Å². The van der Waals surface area contributed by atoms with Crippen LogP contribution in [0, 0.1) is 6.92 Å². The average molecular weight is 482 g/mol. The van der Waals surface area contributed by atoms with Crippen LogP contribution in [0.25, 0.3) is 11.0 Å². The number of amides is 1. The summed E-state index contributed by atoms with van der Waals surface area (Å²) in [5.74, 6) is 1.39. The fourth-order valence-electron chi connectivity index (χ4n) is 3.38. The molecule has 156 valence electrons. The molecule has 1 amide bonds. The smallest absolute Gasteiger partial charge is 0.256 e. The minimum atomic E-state index is 0. The third-order valence-electron chi connectivity index (χ3n) is 4.90. The molecule has 0 aliphatic carbocycles. The summed E-state index contributed by atoms with van der Waals surface area (Å²) >= 11 is 3.50. The number of anilines is 2. The number of carbonyl (C=O) groups is 1. The average Bonchev–Trinajstić information content (AvgIpc) is 3.00. The summed E-state index contributed by atoms with van der Waals surface area (Å²) in [6.45, 7) is 7.32. The SMILES string of the molecule is CCN(CC)C(=O)c1cccc2nc(Nc3c(C)cc(Br)cc3OC)n(C)c12.Cl. The Kier molecular flexibility index (Phi) is 7.54. The number of nitrogens with one attached hydrogen (secondary N) is 1. The minimum absolute atomic E-state index is 0. The van der Waals surface area contributed by atoms with Crippen LogP contribution in [-0.4, -0.2) is 40.6 Å². The van der Waals surface area contributed by atoms with Gasteiger partial charge in [0.2, 0.25) is 5.95 Å². The topological polar surface area (TPSA) is 59.4 Å². The van der Waals surface area contributed by atoms with Crippen molar-refractivity contribution in [2.24, 2.45) is 7.05 Å². The maximum absolute atomic E-state index is 13.0. The number of imidazole rings is 1. The molecule has 0 fully saturated rings. The number of carbonyl (C=O) groups excluding carboxylic acids is 1. The predicted molar refractivity (Wildman–Crippen MR) is 124 cm³/mol. The zero-order valence-electron chi connectivity index (χ0n) is 17.2. The van der Waals surface area contributed by atoms with Crippen LogP contribution < -0.4 is 10.1 Å². The van der Waals surface area contributed by atoms with Gasteiger partial charge in [0.1, 0.15) is 5.75 Å². The lowest BCUT2D eigenvalue weighted by atomic mass is 10.1. The molecule has 0 aliphatic rings. The van der Waals surface area contributed by atoms with Crippen LogP contribution in [0.15, 0.2) is 34.8 Å². The fraction of sp³-hybridized carbons (Fsp3) is 0.333. The summed E-state index contributed by atoms with van der Waals surface area (Å²) < 4.78 is 8.40. The van der Waals surface area contributed by atoms with E-state index in [2.05, 4.69) is 21.2 Å². The van der Waals surface area contributed by atoms with Gasteiger partial charge in [-0.05, 0) is 50.6 Å². The number of methoxy groups -OCH3 is 1. The summed E-state index contributed by atoms with van der Waals surface area (Å²) in [6, 6.07) is 9.59. The molecule has 1 N–H and O–H groups in total. The summed E-state index contributed by atoms with van der Waals surface area (Å²) in [5, 5.41) is 3.38. The number of fused-ring (bicyclic) bond motifs is 1. The standard InChI is InChI=1S/C21H25BrN4O2.ClH/c1-6-26(7-2)20(27)15-9-8-10-16-19(15)25(4)21(23-16)24-18-13(3)11-14(22)12-17(18)28-5;/h8-12H,6-7H2,1-5H3,(H,23,24);1H.